The zero-order valence-corrected chi connectivity index (χ0v) is 16.0. The lowest BCUT2D eigenvalue weighted by molar-refractivity contribution is -0.385. The summed E-state index contributed by atoms with van der Waals surface area (Å²) in [6.45, 7) is 6.07. The lowest BCUT2D eigenvalue weighted by atomic mass is 10.1. The minimum atomic E-state index is -0.858. The topological polar surface area (TPSA) is 129 Å². The molecule has 0 aliphatic heterocycles. The number of nitro benzene ring substituents is 1. The van der Waals surface area contributed by atoms with Gasteiger partial charge < -0.3 is 14.5 Å². The summed E-state index contributed by atoms with van der Waals surface area (Å²) in [5, 5.41) is 11.0. The van der Waals surface area contributed by atoms with Crippen LogP contribution >= 0.6 is 0 Å². The Morgan fingerprint density at radius 2 is 1.79 bits per heavy atom. The third-order valence-corrected chi connectivity index (χ3v) is 4.17. The Bertz CT molecular complexity index is 959. The molecule has 9 nitrogen and oxygen atoms in total. The Kier molecular flexibility index (Phi) is 6.29. The molecule has 0 fully saturated rings. The number of aromatic amines is 1. The molecule has 148 valence electrons. The number of hydrogen-bond donors (Lipinski definition) is 1. The van der Waals surface area contributed by atoms with Crippen LogP contribution in [0.3, 0.4) is 0 Å². The van der Waals surface area contributed by atoms with Crippen LogP contribution in [0, 0.1) is 30.9 Å². The molecule has 1 aromatic carbocycles. The van der Waals surface area contributed by atoms with E-state index in [1.165, 1.54) is 12.1 Å². The van der Waals surface area contributed by atoms with E-state index in [9.17, 15) is 24.5 Å². The molecule has 0 spiro atoms. The lowest BCUT2D eigenvalue weighted by Gasteiger charge is -2.06. The number of aryl methyl sites for hydroxylation is 2. The molecule has 0 saturated heterocycles. The van der Waals surface area contributed by atoms with Gasteiger partial charge in [0.2, 0.25) is 5.78 Å². The summed E-state index contributed by atoms with van der Waals surface area (Å²) >= 11 is 0. The SMILES string of the molecule is CCOC(=O)c1c(C)[nH]c(C(=O)COC(=O)c2ccc(C)c([N+](=O)[O-])c2)c1C. The number of benzene rings is 1. The fourth-order valence-electron chi connectivity index (χ4n) is 2.76. The van der Waals surface area contributed by atoms with Gasteiger partial charge in [-0.25, -0.2) is 9.59 Å². The predicted octanol–water partition coefficient (Wildman–Crippen LogP) is 3.06. The Morgan fingerprint density at radius 3 is 2.39 bits per heavy atom. The number of carbonyl (C=O) groups is 3. The van der Waals surface area contributed by atoms with Crippen LogP contribution in [0.5, 0.6) is 0 Å². The molecular formula is C19H20N2O7. The maximum Gasteiger partial charge on any atom is 0.340 e. The highest BCUT2D eigenvalue weighted by atomic mass is 16.6. The summed E-state index contributed by atoms with van der Waals surface area (Å²) in [6, 6.07) is 3.92. The molecule has 0 saturated carbocycles. The third kappa shape index (κ3) is 4.25. The molecule has 0 unspecified atom stereocenters. The number of ether oxygens (including phenoxy) is 2. The van der Waals surface area contributed by atoms with Crippen LogP contribution in [0.25, 0.3) is 0 Å². The van der Waals surface area contributed by atoms with Crippen LogP contribution in [0.4, 0.5) is 5.69 Å². The van der Waals surface area contributed by atoms with Crippen LogP contribution in [0.15, 0.2) is 18.2 Å². The van der Waals surface area contributed by atoms with E-state index < -0.39 is 29.3 Å². The van der Waals surface area contributed by atoms with Gasteiger partial charge in [-0.15, -0.1) is 0 Å². The molecule has 0 amide bonds. The highest BCUT2D eigenvalue weighted by Gasteiger charge is 2.24. The van der Waals surface area contributed by atoms with E-state index in [1.54, 1.807) is 27.7 Å². The first-order chi connectivity index (χ1) is 13.2. The number of rotatable bonds is 7. The van der Waals surface area contributed by atoms with Gasteiger partial charge >= 0.3 is 11.9 Å². The summed E-state index contributed by atoms with van der Waals surface area (Å²) in [6.07, 6.45) is 0. The minimum Gasteiger partial charge on any atom is -0.462 e. The molecular weight excluding hydrogens is 368 g/mol. The van der Waals surface area contributed by atoms with E-state index in [4.69, 9.17) is 9.47 Å². The molecule has 1 N–H and O–H groups in total. The normalized spacial score (nSPS) is 10.4. The fourth-order valence-corrected chi connectivity index (χ4v) is 2.76. The van der Waals surface area contributed by atoms with Crippen LogP contribution < -0.4 is 0 Å². The van der Waals surface area contributed by atoms with Crippen LogP contribution in [-0.4, -0.2) is 40.8 Å². The second-order valence-corrected chi connectivity index (χ2v) is 6.10. The average molecular weight is 388 g/mol. The first kappa shape index (κ1) is 20.8. The zero-order chi connectivity index (χ0) is 21.0. The number of nitrogens with one attached hydrogen (secondary N) is 1. The number of carbonyl (C=O) groups excluding carboxylic acids is 3. The van der Waals surface area contributed by atoms with Crippen molar-refractivity contribution in [2.24, 2.45) is 0 Å². The monoisotopic (exact) mass is 388 g/mol. The lowest BCUT2D eigenvalue weighted by Crippen LogP contribution is -2.16. The maximum atomic E-state index is 12.4. The summed E-state index contributed by atoms with van der Waals surface area (Å²) in [5.41, 5.74) is 1.45. The van der Waals surface area contributed by atoms with Crippen molar-refractivity contribution in [2.45, 2.75) is 27.7 Å². The van der Waals surface area contributed by atoms with E-state index >= 15 is 0 Å². The number of ketones is 1. The molecule has 1 aromatic heterocycles. The summed E-state index contributed by atoms with van der Waals surface area (Å²) in [4.78, 5) is 49.7. The molecule has 9 heteroatoms. The van der Waals surface area contributed by atoms with Crippen molar-refractivity contribution >= 4 is 23.4 Å². The summed E-state index contributed by atoms with van der Waals surface area (Å²) in [7, 11) is 0. The van der Waals surface area contributed by atoms with E-state index in [0.29, 0.717) is 16.8 Å². The van der Waals surface area contributed by atoms with E-state index in [2.05, 4.69) is 4.98 Å². The Labute approximate surface area is 160 Å². The molecule has 0 bridgehead atoms. The van der Waals surface area contributed by atoms with Crippen molar-refractivity contribution in [3.05, 3.63) is 62.0 Å². The molecule has 0 aliphatic carbocycles. The van der Waals surface area contributed by atoms with Crippen molar-refractivity contribution in [3.63, 3.8) is 0 Å². The zero-order valence-electron chi connectivity index (χ0n) is 16.0. The third-order valence-electron chi connectivity index (χ3n) is 4.17. The van der Waals surface area contributed by atoms with Crippen molar-refractivity contribution in [1.29, 1.82) is 0 Å². The second-order valence-electron chi connectivity index (χ2n) is 6.10. The largest absolute Gasteiger partial charge is 0.462 e. The van der Waals surface area contributed by atoms with Crippen LogP contribution in [0.2, 0.25) is 0 Å². The number of H-pyrrole nitrogens is 1. The Hall–Kier alpha value is -3.49. The highest BCUT2D eigenvalue weighted by Crippen LogP contribution is 2.21. The van der Waals surface area contributed by atoms with Gasteiger partial charge in [0.25, 0.3) is 5.69 Å². The first-order valence-electron chi connectivity index (χ1n) is 8.49. The average Bonchev–Trinajstić information content (AvgIpc) is 2.94. The molecule has 0 aliphatic rings. The second kappa shape index (κ2) is 8.47. The molecule has 28 heavy (non-hydrogen) atoms. The number of esters is 2. The highest BCUT2D eigenvalue weighted by molar-refractivity contribution is 6.03. The maximum absolute atomic E-state index is 12.4. The van der Waals surface area contributed by atoms with Crippen molar-refractivity contribution in [2.75, 3.05) is 13.2 Å². The van der Waals surface area contributed by atoms with Gasteiger partial charge in [-0.05, 0) is 39.3 Å². The molecule has 0 atom stereocenters. The predicted molar refractivity (Wildman–Crippen MR) is 98.7 cm³/mol. The molecule has 0 radical (unpaired) electrons. The van der Waals surface area contributed by atoms with Crippen molar-refractivity contribution in [1.82, 2.24) is 4.98 Å². The minimum absolute atomic E-state index is 0.0308. The van der Waals surface area contributed by atoms with Crippen LogP contribution in [-0.2, 0) is 9.47 Å². The summed E-state index contributed by atoms with van der Waals surface area (Å²) < 4.78 is 9.95. The van der Waals surface area contributed by atoms with E-state index in [0.717, 1.165) is 6.07 Å². The van der Waals surface area contributed by atoms with E-state index in [1.807, 2.05) is 0 Å². The standard InChI is InChI=1S/C19H20N2O7/c1-5-27-19(24)16-11(3)17(20-12(16)4)15(22)9-28-18(23)13-7-6-10(2)14(8-13)21(25)26/h6-8,20H,5,9H2,1-4H3. The van der Waals surface area contributed by atoms with Gasteiger partial charge in [-0.1, -0.05) is 6.07 Å². The van der Waals surface area contributed by atoms with Crippen LogP contribution in [0.1, 0.15) is 54.9 Å². The number of Topliss-reactive ketones (excluding diaryl/α,β-unsaturated/α-hetero) is 1. The van der Waals surface area contributed by atoms with Gasteiger partial charge in [0.1, 0.15) is 0 Å². The summed E-state index contributed by atoms with van der Waals surface area (Å²) in [5.74, 6) is -1.94. The fraction of sp³-hybridized carbons (Fsp3) is 0.316. The molecule has 2 aromatic rings. The van der Waals surface area contributed by atoms with Gasteiger partial charge in [0.15, 0.2) is 6.61 Å². The Balaban J connectivity index is 2.13. The van der Waals surface area contributed by atoms with Gasteiger partial charge in [-0.2, -0.15) is 0 Å². The quantitative estimate of drug-likeness (QED) is 0.334. The number of hydrogen-bond acceptors (Lipinski definition) is 7. The van der Waals surface area contributed by atoms with Gasteiger partial charge in [0.05, 0.1) is 28.4 Å². The molecule has 2 rings (SSSR count). The van der Waals surface area contributed by atoms with Gasteiger partial charge in [-0.3, -0.25) is 14.9 Å². The van der Waals surface area contributed by atoms with Crippen molar-refractivity contribution < 1.29 is 28.8 Å². The Morgan fingerprint density at radius 1 is 1.11 bits per heavy atom. The number of nitrogens with zero attached hydrogens (tertiary/aromatic N) is 1. The molecule has 1 heterocycles. The van der Waals surface area contributed by atoms with Crippen molar-refractivity contribution in [3.8, 4) is 0 Å². The van der Waals surface area contributed by atoms with E-state index in [-0.39, 0.29) is 29.1 Å². The smallest absolute Gasteiger partial charge is 0.340 e. The number of aromatic nitrogens is 1. The number of nitro groups is 1. The van der Waals surface area contributed by atoms with Gasteiger partial charge in [0, 0.05) is 17.3 Å². The first-order valence-corrected chi connectivity index (χ1v) is 8.49.